The van der Waals surface area contributed by atoms with E-state index >= 15 is 0 Å². The first-order valence-electron chi connectivity index (χ1n) is 7.44. The van der Waals surface area contributed by atoms with Crippen molar-refractivity contribution in [1.82, 2.24) is 15.1 Å². The topological polar surface area (TPSA) is 35.6 Å². The predicted molar refractivity (Wildman–Crippen MR) is 83.3 cm³/mol. The van der Waals surface area contributed by atoms with Crippen molar-refractivity contribution in [2.24, 2.45) is 5.41 Å². The van der Waals surface area contributed by atoms with Gasteiger partial charge in [0, 0.05) is 38.8 Å². The maximum Gasteiger partial charge on any atom is 0.236 e. The fraction of sp³-hybridized carbons (Fsp3) is 0.929. The Hall–Kier alpha value is -0.545. The average molecular weight is 267 g/mol. The van der Waals surface area contributed by atoms with E-state index in [1.165, 1.54) is 0 Å². The molecule has 0 aromatic carbocycles. The van der Waals surface area contributed by atoms with Crippen LogP contribution in [-0.2, 0) is 4.79 Å². The van der Waals surface area contributed by atoms with E-state index in [1.807, 2.05) is 11.9 Å². The molecule has 0 unspecified atom stereocenters. The molecule has 0 aliphatic carbocycles. The van der Waals surface area contributed by atoms with Crippen molar-refractivity contribution in [1.29, 1.82) is 0 Å². The third kappa shape index (κ3) is 5.53. The highest BCUT2D eigenvalue weighted by Gasteiger charge is 2.27. The van der Waals surface area contributed by atoms with Crippen LogP contribution in [0.2, 0.25) is 6.32 Å². The van der Waals surface area contributed by atoms with E-state index in [9.17, 15) is 4.79 Å². The third-order valence-corrected chi connectivity index (χ3v) is 3.67. The van der Waals surface area contributed by atoms with Gasteiger partial charge in [-0.15, -0.1) is 0 Å². The number of piperazine rings is 1. The molecule has 0 aromatic heterocycles. The lowest BCUT2D eigenvalue weighted by atomic mass is 9.93. The minimum Gasteiger partial charge on any atom is -0.344 e. The Morgan fingerprint density at radius 2 is 2.11 bits per heavy atom. The molecular formula is C14H30BN3O. The summed E-state index contributed by atoms with van der Waals surface area (Å²) in [6.07, 6.45) is 1.09. The van der Waals surface area contributed by atoms with Gasteiger partial charge in [0.1, 0.15) is 7.85 Å². The number of likely N-dealkylation sites (N-methyl/N-ethyl adjacent to an activating group) is 1. The van der Waals surface area contributed by atoms with E-state index in [-0.39, 0.29) is 11.3 Å². The summed E-state index contributed by atoms with van der Waals surface area (Å²) in [5.74, 6) is 0.238. The molecule has 0 radical (unpaired) electrons. The Balaban J connectivity index is 2.53. The van der Waals surface area contributed by atoms with Crippen molar-refractivity contribution in [3.8, 4) is 0 Å². The zero-order chi connectivity index (χ0) is 14.6. The monoisotopic (exact) mass is 267 g/mol. The highest BCUT2D eigenvalue weighted by molar-refractivity contribution is 6.09. The second kappa shape index (κ2) is 6.75. The molecule has 1 N–H and O–H groups in total. The van der Waals surface area contributed by atoms with Crippen LogP contribution >= 0.6 is 0 Å². The molecule has 1 aliphatic heterocycles. The molecule has 0 bridgehead atoms. The summed E-state index contributed by atoms with van der Waals surface area (Å²) in [6, 6.07) is 0.965. The first kappa shape index (κ1) is 16.5. The van der Waals surface area contributed by atoms with Gasteiger partial charge in [-0.05, 0) is 12.3 Å². The van der Waals surface area contributed by atoms with Crippen molar-refractivity contribution in [2.75, 3.05) is 33.2 Å². The number of nitrogens with one attached hydrogen (secondary N) is 1. The lowest BCUT2D eigenvalue weighted by molar-refractivity contribution is -0.133. The average Bonchev–Trinajstić information content (AvgIpc) is 2.27. The summed E-state index contributed by atoms with van der Waals surface area (Å²) < 4.78 is 0. The summed E-state index contributed by atoms with van der Waals surface area (Å²) in [7, 11) is 4.11. The molecular weight excluding hydrogens is 237 g/mol. The molecule has 19 heavy (non-hydrogen) atoms. The normalized spacial score (nSPS) is 25.3. The van der Waals surface area contributed by atoms with E-state index in [0.717, 1.165) is 26.0 Å². The summed E-state index contributed by atoms with van der Waals surface area (Å²) in [5.41, 5.74) is 0.158. The fourth-order valence-corrected chi connectivity index (χ4v) is 2.72. The molecule has 110 valence electrons. The van der Waals surface area contributed by atoms with Crippen molar-refractivity contribution in [2.45, 2.75) is 46.1 Å². The summed E-state index contributed by atoms with van der Waals surface area (Å²) in [5, 5.41) is 3.49. The number of nitrogens with zero attached hydrogens (tertiary/aromatic N) is 2. The van der Waals surface area contributed by atoms with Crippen LogP contribution in [0, 0.1) is 5.41 Å². The van der Waals surface area contributed by atoms with Gasteiger partial charge in [0.25, 0.3) is 0 Å². The third-order valence-electron chi connectivity index (χ3n) is 3.67. The van der Waals surface area contributed by atoms with Gasteiger partial charge in [0.2, 0.25) is 5.91 Å². The molecule has 1 amide bonds. The molecule has 2 atom stereocenters. The highest BCUT2D eigenvalue weighted by Crippen LogP contribution is 2.15. The van der Waals surface area contributed by atoms with Gasteiger partial charge < -0.3 is 10.2 Å². The lowest BCUT2D eigenvalue weighted by Gasteiger charge is -2.39. The van der Waals surface area contributed by atoms with Gasteiger partial charge in [0.05, 0.1) is 6.54 Å². The highest BCUT2D eigenvalue weighted by atomic mass is 16.2. The minimum absolute atomic E-state index is 0.158. The van der Waals surface area contributed by atoms with Gasteiger partial charge in [-0.2, -0.15) is 0 Å². The van der Waals surface area contributed by atoms with E-state index in [1.54, 1.807) is 0 Å². The standard InChI is InChI=1S/C14H30BN3O/c1-11-8-18(12(6-15)7-16-11)9-13(19)17(5)10-14(2,3)4/h11-12,16H,6-10,15H2,1-5H3/t11-,12+/m1/s1. The van der Waals surface area contributed by atoms with Gasteiger partial charge in [0.15, 0.2) is 0 Å². The van der Waals surface area contributed by atoms with Crippen LogP contribution in [0.25, 0.3) is 0 Å². The number of hydrogen-bond donors (Lipinski definition) is 1. The first-order valence-corrected chi connectivity index (χ1v) is 7.44. The Labute approximate surface area is 119 Å². The number of carbonyl (C=O) groups is 1. The summed E-state index contributed by atoms with van der Waals surface area (Å²) >= 11 is 0. The fourth-order valence-electron chi connectivity index (χ4n) is 2.72. The van der Waals surface area contributed by atoms with E-state index in [2.05, 4.69) is 45.8 Å². The Kier molecular flexibility index (Phi) is 5.87. The maximum atomic E-state index is 12.3. The largest absolute Gasteiger partial charge is 0.344 e. The van der Waals surface area contributed by atoms with E-state index in [0.29, 0.717) is 18.6 Å². The van der Waals surface area contributed by atoms with Crippen molar-refractivity contribution in [3.63, 3.8) is 0 Å². The zero-order valence-electron chi connectivity index (χ0n) is 13.5. The smallest absolute Gasteiger partial charge is 0.236 e. The second-order valence-corrected chi connectivity index (χ2v) is 7.11. The maximum absolute atomic E-state index is 12.3. The van der Waals surface area contributed by atoms with Crippen LogP contribution in [0.5, 0.6) is 0 Å². The number of hydrogen-bond acceptors (Lipinski definition) is 3. The number of amides is 1. The zero-order valence-corrected chi connectivity index (χ0v) is 13.5. The molecule has 1 fully saturated rings. The number of rotatable bonds is 4. The van der Waals surface area contributed by atoms with Gasteiger partial charge in [-0.1, -0.05) is 27.1 Å². The Morgan fingerprint density at radius 3 is 2.63 bits per heavy atom. The van der Waals surface area contributed by atoms with Crippen LogP contribution in [0.4, 0.5) is 0 Å². The van der Waals surface area contributed by atoms with Gasteiger partial charge >= 0.3 is 0 Å². The van der Waals surface area contributed by atoms with Crippen LogP contribution in [0.1, 0.15) is 27.7 Å². The van der Waals surface area contributed by atoms with E-state index < -0.39 is 0 Å². The van der Waals surface area contributed by atoms with Gasteiger partial charge in [-0.25, -0.2) is 0 Å². The molecule has 1 rings (SSSR count). The Morgan fingerprint density at radius 1 is 1.47 bits per heavy atom. The van der Waals surface area contributed by atoms with Gasteiger partial charge in [-0.3, -0.25) is 9.69 Å². The molecule has 0 spiro atoms. The van der Waals surface area contributed by atoms with E-state index in [4.69, 9.17) is 0 Å². The van der Waals surface area contributed by atoms with Crippen LogP contribution in [0.3, 0.4) is 0 Å². The summed E-state index contributed by atoms with van der Waals surface area (Å²) in [4.78, 5) is 16.5. The van der Waals surface area contributed by atoms with Crippen molar-refractivity contribution < 1.29 is 4.79 Å². The molecule has 0 saturated carbocycles. The van der Waals surface area contributed by atoms with Crippen LogP contribution in [0.15, 0.2) is 0 Å². The molecule has 1 aliphatic rings. The molecule has 5 heteroatoms. The number of carbonyl (C=O) groups excluding carboxylic acids is 1. The van der Waals surface area contributed by atoms with Crippen LogP contribution in [-0.4, -0.2) is 68.9 Å². The van der Waals surface area contributed by atoms with Crippen molar-refractivity contribution >= 4 is 13.8 Å². The van der Waals surface area contributed by atoms with Crippen LogP contribution < -0.4 is 5.32 Å². The SMILES string of the molecule is BC[C@H]1CN[C@H](C)CN1CC(=O)N(C)CC(C)(C)C. The van der Waals surface area contributed by atoms with Crippen molar-refractivity contribution in [3.05, 3.63) is 0 Å². The molecule has 1 heterocycles. The first-order chi connectivity index (χ1) is 8.73. The molecule has 0 aromatic rings. The quantitative estimate of drug-likeness (QED) is 0.739. The Bertz CT molecular complexity index is 304. The predicted octanol–water partition coefficient (Wildman–Crippen LogP) is 0.205. The molecule has 1 saturated heterocycles. The minimum atomic E-state index is 0.158. The second-order valence-electron chi connectivity index (χ2n) is 7.11. The lowest BCUT2D eigenvalue weighted by Crippen LogP contribution is -2.57. The summed E-state index contributed by atoms with van der Waals surface area (Å²) in [6.45, 7) is 12.0. The molecule has 4 nitrogen and oxygen atoms in total.